The maximum atomic E-state index is 9.10. The maximum Gasteiger partial charge on any atom is 0.414 e. The van der Waals surface area contributed by atoms with E-state index in [4.69, 9.17) is 31.4 Å². The van der Waals surface area contributed by atoms with Crippen LogP contribution < -0.4 is 5.32 Å². The van der Waals surface area contributed by atoms with Crippen LogP contribution in [0, 0.1) is 0 Å². The molecule has 27 heavy (non-hydrogen) atoms. The average Bonchev–Trinajstić information content (AvgIpc) is 2.91. The van der Waals surface area contributed by atoms with Gasteiger partial charge >= 0.3 is 11.9 Å². The number of rotatable bonds is 3. The molecule has 0 spiro atoms. The van der Waals surface area contributed by atoms with Gasteiger partial charge in [0.15, 0.2) is 0 Å². The van der Waals surface area contributed by atoms with Crippen LogP contribution in [0.1, 0.15) is 29.0 Å². The smallest absolute Gasteiger partial charge is 0.414 e. The van der Waals surface area contributed by atoms with Crippen molar-refractivity contribution in [3.05, 3.63) is 52.3 Å². The van der Waals surface area contributed by atoms with E-state index in [-0.39, 0.29) is 5.25 Å². The lowest BCUT2D eigenvalue weighted by Gasteiger charge is -2.17. The zero-order chi connectivity index (χ0) is 19.8. The molecule has 2 aromatic rings. The largest absolute Gasteiger partial charge is 0.473 e. The number of thioether (sulfide) groups is 1. The second kappa shape index (κ2) is 10.2. The van der Waals surface area contributed by atoms with Crippen molar-refractivity contribution in [1.82, 2.24) is 15.5 Å². The third kappa shape index (κ3) is 6.20. The van der Waals surface area contributed by atoms with Gasteiger partial charge in [-0.05, 0) is 62.2 Å². The predicted octanol–water partition coefficient (Wildman–Crippen LogP) is 2.83. The molecule has 0 fully saturated rings. The number of nitrogens with one attached hydrogen (secondary N) is 1. The molecule has 0 aliphatic carbocycles. The molecule has 0 bridgehead atoms. The minimum Gasteiger partial charge on any atom is -0.473 e. The topological polar surface area (TPSA) is 112 Å². The predicted molar refractivity (Wildman–Crippen MR) is 103 cm³/mol. The Hall–Kier alpha value is -2.16. The van der Waals surface area contributed by atoms with Crippen LogP contribution >= 0.6 is 23.4 Å². The highest BCUT2D eigenvalue weighted by molar-refractivity contribution is 7.99. The summed E-state index contributed by atoms with van der Waals surface area (Å²) in [6, 6.07) is 8.14. The molecule has 3 rings (SSSR count). The van der Waals surface area contributed by atoms with Crippen LogP contribution in [0.2, 0.25) is 5.02 Å². The number of aliphatic carboxylic acids is 2. The Bertz CT molecular complexity index is 793. The lowest BCUT2D eigenvalue weighted by atomic mass is 10.0. The summed E-state index contributed by atoms with van der Waals surface area (Å²) >= 11 is 8.25. The summed E-state index contributed by atoms with van der Waals surface area (Å²) in [4.78, 5) is 19.4. The van der Waals surface area contributed by atoms with E-state index in [1.165, 1.54) is 16.0 Å². The minimum absolute atomic E-state index is 0.235. The van der Waals surface area contributed by atoms with E-state index in [0.717, 1.165) is 36.6 Å². The molecule has 1 atom stereocenters. The van der Waals surface area contributed by atoms with Gasteiger partial charge in [-0.1, -0.05) is 17.7 Å². The number of aromatic nitrogens is 2. The summed E-state index contributed by atoms with van der Waals surface area (Å²) in [6.07, 6.45) is 3.80. The van der Waals surface area contributed by atoms with Crippen LogP contribution in [0.4, 0.5) is 0 Å². The van der Waals surface area contributed by atoms with Gasteiger partial charge in [0.2, 0.25) is 0 Å². The highest BCUT2D eigenvalue weighted by Crippen LogP contribution is 2.41. The number of halogens is 1. The summed E-state index contributed by atoms with van der Waals surface area (Å²) in [7, 11) is 0. The van der Waals surface area contributed by atoms with E-state index in [2.05, 4.69) is 28.5 Å². The van der Waals surface area contributed by atoms with Gasteiger partial charge in [-0.25, -0.2) is 9.59 Å². The van der Waals surface area contributed by atoms with E-state index in [1.54, 1.807) is 18.0 Å². The Morgan fingerprint density at radius 1 is 1.19 bits per heavy atom. The number of benzene rings is 1. The van der Waals surface area contributed by atoms with Crippen molar-refractivity contribution >= 4 is 35.3 Å². The minimum atomic E-state index is -1.82. The molecule has 0 radical (unpaired) electrons. The van der Waals surface area contributed by atoms with Gasteiger partial charge in [0, 0.05) is 11.1 Å². The fraction of sp³-hybridized carbons (Fsp3) is 0.333. The lowest BCUT2D eigenvalue weighted by molar-refractivity contribution is -0.159. The number of carboxylic acid groups (broad SMARTS) is 2. The van der Waals surface area contributed by atoms with E-state index < -0.39 is 11.9 Å². The molecule has 7 nitrogen and oxygen atoms in total. The first kappa shape index (κ1) is 21.1. The van der Waals surface area contributed by atoms with Gasteiger partial charge in [0.1, 0.15) is 0 Å². The summed E-state index contributed by atoms with van der Waals surface area (Å²) < 4.78 is 0. The Balaban J connectivity index is 0.000000380. The van der Waals surface area contributed by atoms with Crippen LogP contribution in [0.5, 0.6) is 0 Å². The maximum absolute atomic E-state index is 9.10. The van der Waals surface area contributed by atoms with Crippen LogP contribution in [-0.4, -0.2) is 45.4 Å². The third-order valence-corrected chi connectivity index (χ3v) is 5.64. The quantitative estimate of drug-likeness (QED) is 0.524. The molecule has 1 unspecified atom stereocenters. The van der Waals surface area contributed by atoms with Crippen molar-refractivity contribution in [1.29, 1.82) is 0 Å². The van der Waals surface area contributed by atoms with E-state index in [9.17, 15) is 0 Å². The molecule has 1 aliphatic rings. The molecule has 144 valence electrons. The van der Waals surface area contributed by atoms with Gasteiger partial charge in [-0.2, -0.15) is 10.2 Å². The van der Waals surface area contributed by atoms with Crippen LogP contribution in [0.15, 0.2) is 35.4 Å². The van der Waals surface area contributed by atoms with Crippen molar-refractivity contribution < 1.29 is 19.8 Å². The first-order valence-electron chi connectivity index (χ1n) is 8.31. The first-order chi connectivity index (χ1) is 12.9. The Morgan fingerprint density at radius 3 is 2.52 bits per heavy atom. The molecular weight excluding hydrogens is 390 g/mol. The van der Waals surface area contributed by atoms with Gasteiger partial charge in [-0.15, -0.1) is 11.8 Å². The molecule has 0 saturated heterocycles. The second-order valence-electron chi connectivity index (χ2n) is 5.78. The van der Waals surface area contributed by atoms with Crippen molar-refractivity contribution in [2.24, 2.45) is 0 Å². The zero-order valence-corrected chi connectivity index (χ0v) is 16.3. The zero-order valence-electron chi connectivity index (χ0n) is 14.7. The fourth-order valence-corrected chi connectivity index (χ4v) is 4.07. The summed E-state index contributed by atoms with van der Waals surface area (Å²) in [6.45, 7) is 4.21. The molecule has 2 heterocycles. The van der Waals surface area contributed by atoms with Gasteiger partial charge in [-0.3, -0.25) is 0 Å². The number of carbonyl (C=O) groups is 2. The van der Waals surface area contributed by atoms with Gasteiger partial charge < -0.3 is 15.5 Å². The molecule has 9 heteroatoms. The number of carboxylic acids is 2. The standard InChI is InChI=1S/C16H18ClN3S.C2H2O4/c1-11(15-3-2-8-19-20-15)21-16-13-7-10-18-9-6-12(13)4-5-14(16)17;3-1(4)2(5)6/h2-5,8,11,18H,6-7,9-10H2,1H3;(H,3,4)(H,5,6). The molecule has 1 aromatic heterocycles. The summed E-state index contributed by atoms with van der Waals surface area (Å²) in [5, 5.41) is 27.5. The van der Waals surface area contributed by atoms with E-state index >= 15 is 0 Å². The van der Waals surface area contributed by atoms with E-state index in [1.807, 2.05) is 18.2 Å². The highest BCUT2D eigenvalue weighted by atomic mass is 35.5. The Labute approximate surface area is 166 Å². The average molecular weight is 410 g/mol. The molecule has 0 amide bonds. The number of fused-ring (bicyclic) bond motifs is 1. The van der Waals surface area contributed by atoms with Crippen molar-refractivity contribution in [2.45, 2.75) is 29.9 Å². The summed E-state index contributed by atoms with van der Waals surface area (Å²) in [5.74, 6) is -3.65. The number of nitrogens with zero attached hydrogens (tertiary/aromatic N) is 2. The molecule has 0 saturated carbocycles. The monoisotopic (exact) mass is 409 g/mol. The van der Waals surface area contributed by atoms with Crippen molar-refractivity contribution in [3.8, 4) is 0 Å². The lowest BCUT2D eigenvalue weighted by Crippen LogP contribution is -2.16. The van der Waals surface area contributed by atoms with Crippen LogP contribution in [0.3, 0.4) is 0 Å². The number of hydrogen-bond acceptors (Lipinski definition) is 6. The van der Waals surface area contributed by atoms with Crippen LogP contribution in [-0.2, 0) is 22.4 Å². The SMILES string of the molecule is CC(Sc1c(Cl)ccc2c1CCNCC2)c1cccnn1.O=C(O)C(=O)O. The van der Waals surface area contributed by atoms with Gasteiger partial charge in [0.05, 0.1) is 16.0 Å². The molecule has 1 aliphatic heterocycles. The Kier molecular flexibility index (Phi) is 8.02. The van der Waals surface area contributed by atoms with Crippen molar-refractivity contribution in [2.75, 3.05) is 13.1 Å². The fourth-order valence-electron chi connectivity index (χ4n) is 2.60. The van der Waals surface area contributed by atoms with Crippen molar-refractivity contribution in [3.63, 3.8) is 0 Å². The third-order valence-electron chi connectivity index (χ3n) is 3.92. The summed E-state index contributed by atoms with van der Waals surface area (Å²) in [5.41, 5.74) is 3.80. The number of hydrogen-bond donors (Lipinski definition) is 3. The molecular formula is C18H20ClN3O4S. The second-order valence-corrected chi connectivity index (χ2v) is 7.54. The highest BCUT2D eigenvalue weighted by Gasteiger charge is 2.18. The van der Waals surface area contributed by atoms with Gasteiger partial charge in [0.25, 0.3) is 0 Å². The first-order valence-corrected chi connectivity index (χ1v) is 9.57. The van der Waals surface area contributed by atoms with Crippen LogP contribution in [0.25, 0.3) is 0 Å². The normalized spacial score (nSPS) is 14.1. The van der Waals surface area contributed by atoms with E-state index in [0.29, 0.717) is 0 Å². The Morgan fingerprint density at radius 2 is 1.89 bits per heavy atom. The molecule has 1 aromatic carbocycles. The molecule has 3 N–H and O–H groups in total.